The van der Waals surface area contributed by atoms with Crippen molar-refractivity contribution in [3.63, 3.8) is 0 Å². The highest BCUT2D eigenvalue weighted by Crippen LogP contribution is 2.41. The van der Waals surface area contributed by atoms with Crippen molar-refractivity contribution in [2.24, 2.45) is 0 Å². The highest BCUT2D eigenvalue weighted by atomic mass is 16.3. The highest BCUT2D eigenvalue weighted by Gasteiger charge is 2.17. The van der Waals surface area contributed by atoms with E-state index in [4.69, 9.17) is 8.83 Å². The largest absolute Gasteiger partial charge is 0.456 e. The summed E-state index contributed by atoms with van der Waals surface area (Å²) in [5, 5.41) is 4.50. The molecule has 0 aliphatic heterocycles. The van der Waals surface area contributed by atoms with Gasteiger partial charge in [0.15, 0.2) is 0 Å². The second-order valence-corrected chi connectivity index (χ2v) is 16.1. The van der Waals surface area contributed by atoms with Crippen LogP contribution in [-0.4, -0.2) is 0 Å². The van der Waals surface area contributed by atoms with Crippen molar-refractivity contribution in [1.29, 1.82) is 0 Å². The number of para-hydroxylation sites is 2. The van der Waals surface area contributed by atoms with Crippen molar-refractivity contribution in [3.05, 3.63) is 237 Å². The van der Waals surface area contributed by atoms with Gasteiger partial charge in [-0.15, -0.1) is 0 Å². The van der Waals surface area contributed by atoms with E-state index in [1.165, 1.54) is 22.3 Å². The van der Waals surface area contributed by atoms with Crippen LogP contribution in [0.5, 0.6) is 0 Å². The van der Waals surface area contributed by atoms with Crippen molar-refractivity contribution in [2.45, 2.75) is 0 Å². The summed E-state index contributed by atoms with van der Waals surface area (Å²) in [5.74, 6) is 0. The molecule has 296 valence electrons. The molecule has 3 nitrogen and oxygen atoms in total. The maximum absolute atomic E-state index is 6.49. The molecule has 0 atom stereocenters. The Kier molecular flexibility index (Phi) is 8.83. The summed E-state index contributed by atoms with van der Waals surface area (Å²) in [4.78, 5) is 2.33. The second kappa shape index (κ2) is 15.3. The van der Waals surface area contributed by atoms with Gasteiger partial charge in [0.2, 0.25) is 0 Å². The fourth-order valence-corrected chi connectivity index (χ4v) is 9.07. The van der Waals surface area contributed by atoms with E-state index in [-0.39, 0.29) is 0 Å². The van der Waals surface area contributed by atoms with Crippen LogP contribution in [0.15, 0.2) is 245 Å². The SMILES string of the molecule is c1ccc(-c2ccc(-c3ccc(N(c4ccc(-c5ccc6c(c5)oc5ccccc56)cc4)c4ccc(-c5ccc6oc7c(-c8ccccc8)cccc7c6c5)cc4)cc3)cc2)cc1. The first-order chi connectivity index (χ1) is 31.2. The molecule has 2 heterocycles. The van der Waals surface area contributed by atoms with Crippen molar-refractivity contribution >= 4 is 60.9 Å². The van der Waals surface area contributed by atoms with Gasteiger partial charge in [0.1, 0.15) is 22.3 Å². The molecule has 2 aromatic heterocycles. The van der Waals surface area contributed by atoms with Crippen molar-refractivity contribution < 1.29 is 8.83 Å². The Morgan fingerprint density at radius 1 is 0.238 bits per heavy atom. The molecule has 0 spiro atoms. The third-order valence-corrected chi connectivity index (χ3v) is 12.3. The zero-order valence-electron chi connectivity index (χ0n) is 34.3. The Balaban J connectivity index is 0.891. The van der Waals surface area contributed by atoms with Gasteiger partial charge in [-0.05, 0) is 117 Å². The predicted molar refractivity (Wildman–Crippen MR) is 263 cm³/mol. The molecule has 0 saturated carbocycles. The smallest absolute Gasteiger partial charge is 0.143 e. The normalized spacial score (nSPS) is 11.5. The van der Waals surface area contributed by atoms with E-state index < -0.39 is 0 Å². The quantitative estimate of drug-likeness (QED) is 0.153. The third kappa shape index (κ3) is 6.64. The van der Waals surface area contributed by atoms with Crippen LogP contribution < -0.4 is 4.90 Å². The minimum absolute atomic E-state index is 0.886. The number of hydrogen-bond donors (Lipinski definition) is 0. The number of furan rings is 2. The van der Waals surface area contributed by atoms with Gasteiger partial charge in [-0.1, -0.05) is 170 Å². The summed E-state index contributed by atoms with van der Waals surface area (Å²) in [6.07, 6.45) is 0. The molecule has 0 fully saturated rings. The molecule has 0 aliphatic rings. The summed E-state index contributed by atoms with van der Waals surface area (Å²) in [7, 11) is 0. The van der Waals surface area contributed by atoms with Crippen LogP contribution in [0.2, 0.25) is 0 Å². The van der Waals surface area contributed by atoms with Crippen LogP contribution in [0.1, 0.15) is 0 Å². The van der Waals surface area contributed by atoms with Crippen LogP contribution in [0, 0.1) is 0 Å². The topological polar surface area (TPSA) is 29.5 Å². The molecule has 0 bridgehead atoms. The lowest BCUT2D eigenvalue weighted by molar-refractivity contribution is 0.669. The average Bonchev–Trinajstić information content (AvgIpc) is 3.93. The number of hydrogen-bond acceptors (Lipinski definition) is 3. The van der Waals surface area contributed by atoms with Gasteiger partial charge in [0, 0.05) is 44.2 Å². The predicted octanol–water partition coefficient (Wildman–Crippen LogP) is 17.3. The van der Waals surface area contributed by atoms with Crippen LogP contribution in [0.4, 0.5) is 17.1 Å². The molecule has 10 aromatic carbocycles. The highest BCUT2D eigenvalue weighted by molar-refractivity contribution is 6.10. The Morgan fingerprint density at radius 3 is 1.29 bits per heavy atom. The lowest BCUT2D eigenvalue weighted by Gasteiger charge is -2.26. The van der Waals surface area contributed by atoms with Gasteiger partial charge in [0.25, 0.3) is 0 Å². The minimum Gasteiger partial charge on any atom is -0.456 e. The zero-order chi connectivity index (χ0) is 41.7. The van der Waals surface area contributed by atoms with E-state index in [2.05, 4.69) is 223 Å². The third-order valence-electron chi connectivity index (χ3n) is 12.3. The zero-order valence-corrected chi connectivity index (χ0v) is 34.3. The number of benzene rings is 10. The van der Waals surface area contributed by atoms with Gasteiger partial charge in [-0.25, -0.2) is 0 Å². The Hall–Kier alpha value is -8.40. The lowest BCUT2D eigenvalue weighted by atomic mass is 9.99. The Labute approximate surface area is 365 Å². The second-order valence-electron chi connectivity index (χ2n) is 16.1. The summed E-state index contributed by atoms with van der Waals surface area (Å²) in [5.41, 5.74) is 18.4. The van der Waals surface area contributed by atoms with Crippen LogP contribution in [0.3, 0.4) is 0 Å². The van der Waals surface area contributed by atoms with E-state index in [0.29, 0.717) is 0 Å². The fraction of sp³-hybridized carbons (Fsp3) is 0. The number of nitrogens with zero attached hydrogens (tertiary/aromatic N) is 1. The molecule has 12 aromatic rings. The molecule has 0 radical (unpaired) electrons. The van der Waals surface area contributed by atoms with Gasteiger partial charge in [-0.3, -0.25) is 0 Å². The van der Waals surface area contributed by atoms with E-state index in [0.717, 1.165) is 94.3 Å². The van der Waals surface area contributed by atoms with Gasteiger partial charge >= 0.3 is 0 Å². The van der Waals surface area contributed by atoms with Gasteiger partial charge in [-0.2, -0.15) is 0 Å². The van der Waals surface area contributed by atoms with E-state index in [9.17, 15) is 0 Å². The molecular weight excluding hydrogens is 767 g/mol. The van der Waals surface area contributed by atoms with Gasteiger partial charge in [0.05, 0.1) is 0 Å². The molecule has 63 heavy (non-hydrogen) atoms. The van der Waals surface area contributed by atoms with E-state index in [1.54, 1.807) is 0 Å². The molecule has 0 aliphatic carbocycles. The standard InChI is InChI=1S/C60H39NO2/c1-3-10-40(11-4-1)41-18-20-42(21-19-41)43-22-30-49(31-23-43)61(51-34-26-45(27-35-51)48-28-36-54-53-14-7-8-17-57(53)62-59(54)39-48)50-32-24-44(25-33-50)47-29-37-58-56(38-47)55-16-9-15-52(60(55)63-58)46-12-5-2-6-13-46/h1-39H. The minimum atomic E-state index is 0.886. The van der Waals surface area contributed by atoms with E-state index in [1.807, 2.05) is 18.2 Å². The van der Waals surface area contributed by atoms with Crippen molar-refractivity contribution in [3.8, 4) is 55.6 Å². The fourth-order valence-electron chi connectivity index (χ4n) is 9.07. The van der Waals surface area contributed by atoms with Crippen molar-refractivity contribution in [1.82, 2.24) is 0 Å². The number of anilines is 3. The first kappa shape index (κ1) is 36.5. The molecule has 0 N–H and O–H groups in total. The summed E-state index contributed by atoms with van der Waals surface area (Å²) in [6, 6.07) is 84.1. The first-order valence-electron chi connectivity index (χ1n) is 21.4. The number of fused-ring (bicyclic) bond motifs is 6. The number of rotatable bonds is 8. The maximum atomic E-state index is 6.49. The average molecular weight is 806 g/mol. The van der Waals surface area contributed by atoms with Gasteiger partial charge < -0.3 is 13.7 Å². The van der Waals surface area contributed by atoms with Crippen LogP contribution >= 0.6 is 0 Å². The lowest BCUT2D eigenvalue weighted by Crippen LogP contribution is -2.09. The molecule has 3 heteroatoms. The molecule has 12 rings (SSSR count). The maximum Gasteiger partial charge on any atom is 0.143 e. The summed E-state index contributed by atoms with van der Waals surface area (Å²) in [6.45, 7) is 0. The molecule has 0 unspecified atom stereocenters. The Morgan fingerprint density at radius 2 is 0.667 bits per heavy atom. The van der Waals surface area contributed by atoms with Crippen LogP contribution in [0.25, 0.3) is 99.5 Å². The summed E-state index contributed by atoms with van der Waals surface area (Å²) < 4.78 is 12.7. The van der Waals surface area contributed by atoms with Crippen molar-refractivity contribution in [2.75, 3.05) is 4.90 Å². The van der Waals surface area contributed by atoms with Crippen LogP contribution in [-0.2, 0) is 0 Å². The molecular formula is C60H39NO2. The molecule has 0 amide bonds. The summed E-state index contributed by atoms with van der Waals surface area (Å²) >= 11 is 0. The molecule has 0 saturated heterocycles. The monoisotopic (exact) mass is 805 g/mol. The first-order valence-corrected chi connectivity index (χ1v) is 21.4. The van der Waals surface area contributed by atoms with E-state index >= 15 is 0 Å². The Bertz CT molecular complexity index is 3570.